The van der Waals surface area contributed by atoms with Gasteiger partial charge in [-0.1, -0.05) is 6.07 Å². The van der Waals surface area contributed by atoms with Gasteiger partial charge in [0.1, 0.15) is 12.4 Å². The van der Waals surface area contributed by atoms with Gasteiger partial charge in [0.25, 0.3) is 0 Å². The molecule has 0 unspecified atom stereocenters. The number of rotatable bonds is 7. The summed E-state index contributed by atoms with van der Waals surface area (Å²) >= 11 is 3.55. The number of benzene rings is 1. The predicted molar refractivity (Wildman–Crippen MR) is 81.6 cm³/mol. The van der Waals surface area contributed by atoms with Gasteiger partial charge < -0.3 is 10.1 Å². The molecule has 2 nitrogen and oxygen atoms in total. The van der Waals surface area contributed by atoms with Gasteiger partial charge in [0, 0.05) is 12.6 Å². The number of hydrogen-bond donors (Lipinski definition) is 1. The summed E-state index contributed by atoms with van der Waals surface area (Å²) in [6.07, 6.45) is 5.72. The molecule has 0 radical (unpaired) electrons. The SMILES string of the molecule is Cc1ccc(OCCNC(C2CC2)C2CC2)c(Br)c1. The molecule has 3 rings (SSSR count). The first kappa shape index (κ1) is 13.4. The Hall–Kier alpha value is -0.540. The van der Waals surface area contributed by atoms with Crippen LogP contribution in [0.25, 0.3) is 0 Å². The summed E-state index contributed by atoms with van der Waals surface area (Å²) in [6.45, 7) is 3.79. The second-order valence-corrected chi connectivity index (χ2v) is 6.79. The Morgan fingerprint density at radius 2 is 1.95 bits per heavy atom. The second-order valence-electron chi connectivity index (χ2n) is 5.94. The Bertz CT molecular complexity index is 428. The first-order valence-corrected chi connectivity index (χ1v) is 8.15. The molecule has 0 amide bonds. The van der Waals surface area contributed by atoms with Gasteiger partial charge >= 0.3 is 0 Å². The molecular weight excluding hydrogens is 302 g/mol. The topological polar surface area (TPSA) is 21.3 Å². The zero-order valence-corrected chi connectivity index (χ0v) is 13.1. The van der Waals surface area contributed by atoms with Crippen LogP contribution in [0.2, 0.25) is 0 Å². The van der Waals surface area contributed by atoms with E-state index in [2.05, 4.69) is 40.3 Å². The number of hydrogen-bond acceptors (Lipinski definition) is 2. The van der Waals surface area contributed by atoms with Gasteiger partial charge in [0.2, 0.25) is 0 Å². The lowest BCUT2D eigenvalue weighted by Gasteiger charge is -2.18. The molecule has 2 aliphatic rings. The van der Waals surface area contributed by atoms with Crippen LogP contribution in [-0.4, -0.2) is 19.2 Å². The summed E-state index contributed by atoms with van der Waals surface area (Å²) in [5, 5.41) is 3.70. The molecule has 0 heterocycles. The van der Waals surface area contributed by atoms with Crippen molar-refractivity contribution in [2.45, 2.75) is 38.6 Å². The average molecular weight is 324 g/mol. The van der Waals surface area contributed by atoms with Crippen molar-refractivity contribution in [3.63, 3.8) is 0 Å². The molecule has 1 aromatic carbocycles. The van der Waals surface area contributed by atoms with E-state index in [1.807, 2.05) is 6.07 Å². The Labute approximate surface area is 124 Å². The van der Waals surface area contributed by atoms with Crippen LogP contribution in [0.5, 0.6) is 5.75 Å². The van der Waals surface area contributed by atoms with E-state index < -0.39 is 0 Å². The van der Waals surface area contributed by atoms with Gasteiger partial charge in [-0.2, -0.15) is 0 Å². The Kier molecular flexibility index (Phi) is 4.13. The molecule has 104 valence electrons. The minimum atomic E-state index is 0.748. The minimum Gasteiger partial charge on any atom is -0.491 e. The van der Waals surface area contributed by atoms with E-state index in [0.717, 1.165) is 41.3 Å². The number of halogens is 1. The van der Waals surface area contributed by atoms with Crippen LogP contribution in [0.3, 0.4) is 0 Å². The van der Waals surface area contributed by atoms with Crippen molar-refractivity contribution in [1.29, 1.82) is 0 Å². The van der Waals surface area contributed by atoms with Gasteiger partial charge in [0.05, 0.1) is 4.47 Å². The van der Waals surface area contributed by atoms with Crippen LogP contribution in [0.4, 0.5) is 0 Å². The summed E-state index contributed by atoms with van der Waals surface area (Å²) in [4.78, 5) is 0. The normalized spacial score (nSPS) is 18.9. The molecule has 0 atom stereocenters. The van der Waals surface area contributed by atoms with Gasteiger partial charge in [-0.05, 0) is 78.1 Å². The van der Waals surface area contributed by atoms with Crippen molar-refractivity contribution >= 4 is 15.9 Å². The highest BCUT2D eigenvalue weighted by molar-refractivity contribution is 9.10. The second kappa shape index (κ2) is 5.84. The van der Waals surface area contributed by atoms with Gasteiger partial charge in [0.15, 0.2) is 0 Å². The summed E-state index contributed by atoms with van der Waals surface area (Å²) in [6, 6.07) is 6.99. The number of aryl methyl sites for hydroxylation is 1. The Morgan fingerprint density at radius 3 is 2.53 bits per heavy atom. The highest BCUT2D eigenvalue weighted by Crippen LogP contribution is 2.44. The number of nitrogens with one attached hydrogen (secondary N) is 1. The fourth-order valence-electron chi connectivity index (χ4n) is 2.74. The maximum Gasteiger partial charge on any atom is 0.133 e. The summed E-state index contributed by atoms with van der Waals surface area (Å²) in [5.41, 5.74) is 1.25. The molecule has 19 heavy (non-hydrogen) atoms. The zero-order chi connectivity index (χ0) is 13.2. The lowest BCUT2D eigenvalue weighted by Crippen LogP contribution is -2.36. The average Bonchev–Trinajstić information content (AvgIpc) is 3.26. The maximum atomic E-state index is 5.83. The molecule has 0 saturated heterocycles. The van der Waals surface area contributed by atoms with Gasteiger partial charge in [-0.25, -0.2) is 0 Å². The van der Waals surface area contributed by atoms with Crippen molar-refractivity contribution in [1.82, 2.24) is 5.32 Å². The standard InChI is InChI=1S/C16H22BrNO/c1-11-2-7-15(14(17)10-11)19-9-8-18-16(12-3-4-12)13-5-6-13/h2,7,10,12-13,16,18H,3-6,8-9H2,1H3. The van der Waals surface area contributed by atoms with E-state index in [4.69, 9.17) is 4.74 Å². The van der Waals surface area contributed by atoms with E-state index in [1.54, 1.807) is 0 Å². The molecule has 0 aromatic heterocycles. The van der Waals surface area contributed by atoms with E-state index >= 15 is 0 Å². The van der Waals surface area contributed by atoms with Gasteiger partial charge in [-0.3, -0.25) is 0 Å². The molecule has 0 bridgehead atoms. The highest BCUT2D eigenvalue weighted by Gasteiger charge is 2.40. The molecule has 2 saturated carbocycles. The van der Waals surface area contributed by atoms with Crippen LogP contribution < -0.4 is 10.1 Å². The van der Waals surface area contributed by atoms with Crippen LogP contribution in [0.1, 0.15) is 31.2 Å². The van der Waals surface area contributed by atoms with Crippen LogP contribution >= 0.6 is 15.9 Å². The third-order valence-electron chi connectivity index (χ3n) is 4.09. The first-order chi connectivity index (χ1) is 9.24. The third kappa shape index (κ3) is 3.73. The highest BCUT2D eigenvalue weighted by atomic mass is 79.9. The van der Waals surface area contributed by atoms with Gasteiger partial charge in [-0.15, -0.1) is 0 Å². The summed E-state index contributed by atoms with van der Waals surface area (Å²) < 4.78 is 6.88. The fourth-order valence-corrected chi connectivity index (χ4v) is 3.35. The molecule has 2 fully saturated rings. The Morgan fingerprint density at radius 1 is 1.26 bits per heavy atom. The van der Waals surface area contributed by atoms with Crippen molar-refractivity contribution in [2.24, 2.45) is 11.8 Å². The number of ether oxygens (including phenoxy) is 1. The van der Waals surface area contributed by atoms with E-state index in [1.165, 1.54) is 31.2 Å². The van der Waals surface area contributed by atoms with Crippen molar-refractivity contribution in [2.75, 3.05) is 13.2 Å². The maximum absolute atomic E-state index is 5.83. The fraction of sp³-hybridized carbons (Fsp3) is 0.625. The molecule has 0 aliphatic heterocycles. The largest absolute Gasteiger partial charge is 0.491 e. The van der Waals surface area contributed by atoms with E-state index in [9.17, 15) is 0 Å². The van der Waals surface area contributed by atoms with E-state index in [0.29, 0.717) is 0 Å². The first-order valence-electron chi connectivity index (χ1n) is 7.36. The molecule has 3 heteroatoms. The molecule has 1 N–H and O–H groups in total. The van der Waals surface area contributed by atoms with Crippen molar-refractivity contribution in [3.05, 3.63) is 28.2 Å². The monoisotopic (exact) mass is 323 g/mol. The molecule has 2 aliphatic carbocycles. The molecular formula is C16H22BrNO. The van der Waals surface area contributed by atoms with Crippen LogP contribution in [-0.2, 0) is 0 Å². The lowest BCUT2D eigenvalue weighted by atomic mass is 10.1. The third-order valence-corrected chi connectivity index (χ3v) is 4.71. The summed E-state index contributed by atoms with van der Waals surface area (Å²) in [7, 11) is 0. The lowest BCUT2D eigenvalue weighted by molar-refractivity contribution is 0.292. The molecule has 1 aromatic rings. The molecule has 0 spiro atoms. The Balaban J connectivity index is 1.42. The summed E-state index contributed by atoms with van der Waals surface area (Å²) in [5.74, 6) is 2.86. The zero-order valence-electron chi connectivity index (χ0n) is 11.5. The smallest absolute Gasteiger partial charge is 0.133 e. The van der Waals surface area contributed by atoms with E-state index in [-0.39, 0.29) is 0 Å². The minimum absolute atomic E-state index is 0.748. The van der Waals surface area contributed by atoms with Crippen LogP contribution in [0, 0.1) is 18.8 Å². The van der Waals surface area contributed by atoms with Crippen LogP contribution in [0.15, 0.2) is 22.7 Å². The predicted octanol–water partition coefficient (Wildman–Crippen LogP) is 3.91. The van der Waals surface area contributed by atoms with Crippen molar-refractivity contribution in [3.8, 4) is 5.75 Å². The van der Waals surface area contributed by atoms with Crippen molar-refractivity contribution < 1.29 is 4.74 Å². The quantitative estimate of drug-likeness (QED) is 0.768.